The number of nitrogens with zero attached hydrogens (tertiary/aromatic N) is 4. The van der Waals surface area contributed by atoms with Crippen LogP contribution in [-0.2, 0) is 11.4 Å². The summed E-state index contributed by atoms with van der Waals surface area (Å²) >= 11 is 0.928. The van der Waals surface area contributed by atoms with Gasteiger partial charge in [-0.15, -0.1) is 0 Å². The van der Waals surface area contributed by atoms with Crippen molar-refractivity contribution >= 4 is 71.0 Å². The van der Waals surface area contributed by atoms with E-state index in [9.17, 15) is 0 Å². The van der Waals surface area contributed by atoms with E-state index in [2.05, 4.69) is 215 Å². The normalized spacial score (nSPS) is 12.1. The standard InChI is InChI=1S/C62H46N4OSSe/c1-39-15-21-44(22-16-39)55(45-23-17-40(2)18-24-45)53(42-11-7-5-8-12-42)47-27-31-50(32-28-47)57-59-60(64-68-63-59)58(62-61(57)65-69-66-62)51-33-29-48(30-34-51)54(43-13-9-6-10-14-43)56(46-25-19-41(3)20-26-46)49-35-37-52(67-4)38-36-49/h5-38H,1-4H3/b56-54-. The summed E-state index contributed by atoms with van der Waals surface area (Å²) in [7, 11) is 1.70. The fraction of sp³-hybridized carbons (Fsp3) is 0.0645. The van der Waals surface area contributed by atoms with Crippen molar-refractivity contribution in [2.75, 3.05) is 7.11 Å². The molecular formula is C62H46N4OSSe. The molecule has 0 radical (unpaired) electrons. The van der Waals surface area contributed by atoms with Crippen molar-refractivity contribution in [2.45, 2.75) is 20.8 Å². The summed E-state index contributed by atoms with van der Waals surface area (Å²) in [6.07, 6.45) is 0. The van der Waals surface area contributed by atoms with E-state index in [0.29, 0.717) is 0 Å². The van der Waals surface area contributed by atoms with Gasteiger partial charge in [0.1, 0.15) is 5.75 Å². The molecule has 0 amide bonds. The SMILES string of the molecule is COc1ccc(/C(=C(/c2ccccc2)c2ccc(-c3c4c(c(-c5ccc(C(=C(c6ccc(C)cc6)c6ccc(C)cc6)c6ccccc6)cc5)c5n[se]nc35)N=S=N4)cc2)c2ccc(C)cc2)cc1. The van der Waals surface area contributed by atoms with Crippen molar-refractivity contribution in [3.8, 4) is 28.0 Å². The van der Waals surface area contributed by atoms with Crippen molar-refractivity contribution in [1.29, 1.82) is 0 Å². The Morgan fingerprint density at radius 2 is 0.652 bits per heavy atom. The number of ether oxygens (including phenoxy) is 1. The number of hydrogen-bond donors (Lipinski definition) is 0. The number of benzene rings is 9. The molecule has 5 nitrogen and oxygen atoms in total. The van der Waals surface area contributed by atoms with Gasteiger partial charge in [-0.25, -0.2) is 0 Å². The van der Waals surface area contributed by atoms with Gasteiger partial charge in [-0.05, 0) is 20.8 Å². The molecule has 0 saturated carbocycles. The molecule has 0 aliphatic carbocycles. The van der Waals surface area contributed by atoms with Crippen molar-refractivity contribution in [3.05, 3.63) is 267 Å². The van der Waals surface area contributed by atoms with Gasteiger partial charge in [-0.3, -0.25) is 0 Å². The van der Waals surface area contributed by atoms with Gasteiger partial charge in [-0.1, -0.05) is 16.7 Å². The van der Waals surface area contributed by atoms with E-state index in [0.717, 1.165) is 94.9 Å². The molecule has 0 saturated heterocycles. The van der Waals surface area contributed by atoms with Crippen LogP contribution in [0, 0.1) is 20.8 Å². The molecule has 2 heterocycles. The quantitative estimate of drug-likeness (QED) is 0.0958. The first-order valence-electron chi connectivity index (χ1n) is 23.0. The Hall–Kier alpha value is -7.80. The summed E-state index contributed by atoms with van der Waals surface area (Å²) in [5.74, 6) is 0.820. The summed E-state index contributed by atoms with van der Waals surface area (Å²) in [5.41, 5.74) is 24.8. The first-order valence-corrected chi connectivity index (χ1v) is 25.2. The Kier molecular flexibility index (Phi) is 12.1. The molecule has 10 aromatic rings. The number of hydrogen-bond acceptors (Lipinski definition) is 5. The maximum absolute atomic E-state index is 5.57. The Morgan fingerprint density at radius 1 is 0.362 bits per heavy atom. The molecule has 0 fully saturated rings. The fourth-order valence-electron chi connectivity index (χ4n) is 9.36. The molecule has 9 aromatic carbocycles. The monoisotopic (exact) mass is 974 g/mol. The van der Waals surface area contributed by atoms with Crippen LogP contribution in [0.4, 0.5) is 11.4 Å². The Morgan fingerprint density at radius 3 is 0.971 bits per heavy atom. The molecule has 0 atom stereocenters. The van der Waals surface area contributed by atoms with Crippen LogP contribution >= 0.6 is 0 Å². The van der Waals surface area contributed by atoms with E-state index >= 15 is 0 Å². The van der Waals surface area contributed by atoms with Crippen molar-refractivity contribution in [2.24, 2.45) is 8.73 Å². The molecule has 11 rings (SSSR count). The summed E-state index contributed by atoms with van der Waals surface area (Å²) in [5, 5.41) is 0. The third-order valence-electron chi connectivity index (χ3n) is 12.9. The average molecular weight is 974 g/mol. The molecule has 0 spiro atoms. The molecular weight excluding hydrogens is 928 g/mol. The molecule has 69 heavy (non-hydrogen) atoms. The molecule has 0 N–H and O–H groups in total. The molecule has 332 valence electrons. The Balaban J connectivity index is 1.04. The minimum absolute atomic E-state index is 0.307. The zero-order chi connectivity index (χ0) is 46.8. The van der Waals surface area contributed by atoms with Crippen LogP contribution in [0.25, 0.3) is 55.6 Å². The van der Waals surface area contributed by atoms with Crippen LogP contribution in [0.1, 0.15) is 61.2 Å². The van der Waals surface area contributed by atoms with Gasteiger partial charge in [-0.2, -0.15) is 0 Å². The number of fused-ring (bicyclic) bond motifs is 2. The van der Waals surface area contributed by atoms with Gasteiger partial charge < -0.3 is 4.74 Å². The van der Waals surface area contributed by atoms with E-state index in [1.165, 1.54) is 50.3 Å². The average Bonchev–Trinajstić information content (AvgIpc) is 4.09. The molecule has 0 unspecified atom stereocenters. The van der Waals surface area contributed by atoms with E-state index in [4.69, 9.17) is 21.4 Å². The Labute approximate surface area is 413 Å². The second-order valence-corrected chi connectivity index (χ2v) is 19.0. The van der Waals surface area contributed by atoms with Crippen LogP contribution < -0.4 is 4.74 Å². The maximum atomic E-state index is 5.57. The predicted molar refractivity (Wildman–Crippen MR) is 288 cm³/mol. The molecule has 7 heteroatoms. The minimum atomic E-state index is -0.307. The molecule has 1 aromatic heterocycles. The number of rotatable bonds is 11. The van der Waals surface area contributed by atoms with E-state index in [-0.39, 0.29) is 15.0 Å². The van der Waals surface area contributed by atoms with Crippen molar-refractivity contribution in [1.82, 2.24) is 7.96 Å². The molecule has 1 aliphatic heterocycles. The third-order valence-corrected chi connectivity index (χ3v) is 14.5. The van der Waals surface area contributed by atoms with Crippen molar-refractivity contribution in [3.63, 3.8) is 0 Å². The van der Waals surface area contributed by atoms with Crippen LogP contribution in [0.3, 0.4) is 0 Å². The second-order valence-electron chi connectivity index (χ2n) is 17.4. The molecule has 1 aliphatic rings. The van der Waals surface area contributed by atoms with Crippen LogP contribution in [0.5, 0.6) is 5.75 Å². The van der Waals surface area contributed by atoms with E-state index in [1.807, 2.05) is 12.1 Å². The van der Waals surface area contributed by atoms with Crippen LogP contribution in [0.15, 0.2) is 215 Å². The summed E-state index contributed by atoms with van der Waals surface area (Å²) in [4.78, 5) is 0. The number of aryl methyl sites for hydroxylation is 3. The third kappa shape index (κ3) is 8.58. The van der Waals surface area contributed by atoms with Gasteiger partial charge in [0.25, 0.3) is 0 Å². The van der Waals surface area contributed by atoms with E-state index in [1.54, 1.807) is 7.11 Å². The first-order chi connectivity index (χ1) is 33.9. The zero-order valence-electron chi connectivity index (χ0n) is 38.6. The second kappa shape index (κ2) is 19.1. The van der Waals surface area contributed by atoms with Gasteiger partial charge in [0.15, 0.2) is 0 Å². The van der Waals surface area contributed by atoms with Gasteiger partial charge in [0, 0.05) is 0 Å². The van der Waals surface area contributed by atoms with Crippen molar-refractivity contribution < 1.29 is 4.74 Å². The zero-order valence-corrected chi connectivity index (χ0v) is 41.2. The fourth-order valence-corrected chi connectivity index (χ4v) is 11.1. The summed E-state index contributed by atoms with van der Waals surface area (Å²) < 4.78 is 25.8. The number of aromatic nitrogens is 2. The van der Waals surface area contributed by atoms with E-state index < -0.39 is 0 Å². The van der Waals surface area contributed by atoms with Gasteiger partial charge >= 0.3 is 361 Å². The Bertz CT molecular complexity index is 3580. The number of methoxy groups -OCH3 is 1. The van der Waals surface area contributed by atoms with Crippen LogP contribution in [0.2, 0.25) is 0 Å². The predicted octanol–water partition coefficient (Wildman–Crippen LogP) is 15.7. The van der Waals surface area contributed by atoms with Crippen LogP contribution in [-0.4, -0.2) is 30.0 Å². The molecule has 0 bridgehead atoms. The van der Waals surface area contributed by atoms with Gasteiger partial charge in [0.2, 0.25) is 0 Å². The summed E-state index contributed by atoms with van der Waals surface area (Å²) in [6.45, 7) is 6.40. The first kappa shape index (κ1) is 43.8. The summed E-state index contributed by atoms with van der Waals surface area (Å²) in [6, 6.07) is 74.1. The van der Waals surface area contributed by atoms with Gasteiger partial charge in [0.05, 0.1) is 7.11 Å². The topological polar surface area (TPSA) is 59.7 Å².